The van der Waals surface area contributed by atoms with Gasteiger partial charge in [0.1, 0.15) is 0 Å². The second-order valence-electron chi connectivity index (χ2n) is 2.66. The number of hydrogen-bond donors (Lipinski definition) is 3. The number of hydrazone groups is 1. The highest BCUT2D eigenvalue weighted by molar-refractivity contribution is 5.97. The van der Waals surface area contributed by atoms with Crippen LogP contribution in [0, 0.1) is 0 Å². The second kappa shape index (κ2) is 3.18. The van der Waals surface area contributed by atoms with Crippen LogP contribution in [0.2, 0.25) is 0 Å². The minimum Gasteiger partial charge on any atom is -0.289 e. The number of nitrogens with two attached hydrogens (primary N) is 2. The molecule has 1 aliphatic rings. The Labute approximate surface area is 65.7 Å². The van der Waals surface area contributed by atoms with Gasteiger partial charge in [0, 0.05) is 0 Å². The van der Waals surface area contributed by atoms with Gasteiger partial charge in [-0.1, -0.05) is 5.57 Å². The van der Waals surface area contributed by atoms with Gasteiger partial charge in [0.25, 0.3) is 0 Å². The Morgan fingerprint density at radius 2 is 2.27 bits per heavy atom. The Bertz CT molecular complexity index is 233. The molecule has 0 fully saturated rings. The highest BCUT2D eigenvalue weighted by Gasteiger charge is 2.06. The zero-order chi connectivity index (χ0) is 8.27. The summed E-state index contributed by atoms with van der Waals surface area (Å²) in [6, 6.07) is 0. The molecule has 0 spiro atoms. The zero-order valence-corrected chi connectivity index (χ0v) is 6.59. The van der Waals surface area contributed by atoms with Gasteiger partial charge in [-0.3, -0.25) is 11.5 Å². The fourth-order valence-corrected chi connectivity index (χ4v) is 0.979. The molecular formula is C7H13N4+. The van der Waals surface area contributed by atoms with Crippen molar-refractivity contribution in [3.8, 4) is 0 Å². The van der Waals surface area contributed by atoms with Gasteiger partial charge >= 0.3 is 5.96 Å². The third-order valence-corrected chi connectivity index (χ3v) is 1.52. The van der Waals surface area contributed by atoms with Gasteiger partial charge in [-0.05, 0) is 25.8 Å². The molecule has 4 nitrogen and oxygen atoms in total. The van der Waals surface area contributed by atoms with Crippen LogP contribution in [0.1, 0.15) is 19.8 Å². The molecule has 0 amide bonds. The monoisotopic (exact) mass is 153 g/mol. The molecule has 5 N–H and O–H groups in total. The summed E-state index contributed by atoms with van der Waals surface area (Å²) in [6.45, 7) is 2.08. The summed E-state index contributed by atoms with van der Waals surface area (Å²) < 4.78 is 0. The van der Waals surface area contributed by atoms with E-state index in [1.807, 2.05) is 6.08 Å². The smallest absolute Gasteiger partial charge is 0.289 e. The van der Waals surface area contributed by atoms with Crippen molar-refractivity contribution in [3.05, 3.63) is 11.6 Å². The summed E-state index contributed by atoms with van der Waals surface area (Å²) in [4.78, 5) is 0. The summed E-state index contributed by atoms with van der Waals surface area (Å²) >= 11 is 0. The second-order valence-corrected chi connectivity index (χ2v) is 2.66. The van der Waals surface area contributed by atoms with Crippen molar-refractivity contribution in [3.63, 3.8) is 0 Å². The van der Waals surface area contributed by atoms with E-state index < -0.39 is 0 Å². The summed E-state index contributed by atoms with van der Waals surface area (Å²) in [5.74, 6) is 0.135. The summed E-state index contributed by atoms with van der Waals surface area (Å²) in [7, 11) is 0. The molecular weight excluding hydrogens is 140 g/mol. The van der Waals surface area contributed by atoms with E-state index in [2.05, 4.69) is 17.1 Å². The number of hydrogen-bond acceptors (Lipinski definition) is 1. The van der Waals surface area contributed by atoms with Gasteiger partial charge < -0.3 is 0 Å². The predicted octanol–water partition coefficient (Wildman–Crippen LogP) is -1.56. The first-order valence-corrected chi connectivity index (χ1v) is 3.56. The zero-order valence-electron chi connectivity index (χ0n) is 6.59. The number of nitrogens with one attached hydrogen (secondary N) is 1. The van der Waals surface area contributed by atoms with Gasteiger partial charge in [0.05, 0.1) is 5.71 Å². The Kier molecular flexibility index (Phi) is 2.25. The molecule has 1 aliphatic carbocycles. The lowest BCUT2D eigenvalue weighted by molar-refractivity contribution is -0.464. The normalized spacial score (nSPS) is 20.1. The summed E-state index contributed by atoms with van der Waals surface area (Å²) in [5, 5.41) is 6.50. The van der Waals surface area contributed by atoms with E-state index >= 15 is 0 Å². The molecule has 0 radical (unpaired) electrons. The van der Waals surface area contributed by atoms with Crippen LogP contribution in [0.25, 0.3) is 0 Å². The SMILES string of the molecule is CC1=C/C(=N/[NH+]=C(N)N)CC1. The van der Waals surface area contributed by atoms with E-state index in [1.165, 1.54) is 5.57 Å². The number of nitrogens with zero attached hydrogens (tertiary/aromatic N) is 1. The van der Waals surface area contributed by atoms with E-state index in [9.17, 15) is 0 Å². The number of allylic oxidation sites excluding steroid dienone is 2. The summed E-state index contributed by atoms with van der Waals surface area (Å²) in [6.07, 6.45) is 4.10. The third-order valence-electron chi connectivity index (χ3n) is 1.52. The van der Waals surface area contributed by atoms with E-state index in [0.29, 0.717) is 0 Å². The van der Waals surface area contributed by atoms with Crippen LogP contribution in [0.15, 0.2) is 16.8 Å². The molecule has 0 aromatic rings. The Morgan fingerprint density at radius 3 is 2.73 bits per heavy atom. The molecule has 0 aromatic carbocycles. The maximum absolute atomic E-state index is 5.16. The lowest BCUT2D eigenvalue weighted by Crippen LogP contribution is -2.72. The Morgan fingerprint density at radius 1 is 1.55 bits per heavy atom. The first-order valence-electron chi connectivity index (χ1n) is 3.56. The quantitative estimate of drug-likeness (QED) is 0.242. The molecule has 0 bridgehead atoms. The molecule has 0 aromatic heterocycles. The number of rotatable bonds is 1. The Balaban J connectivity index is 2.63. The van der Waals surface area contributed by atoms with E-state index in [0.717, 1.165) is 18.6 Å². The molecule has 0 unspecified atom stereocenters. The standard InChI is InChI=1S/C7H12N4/c1-5-2-3-6(4-5)10-11-7(8)9/h4H,2-3H2,1H3,(H4,8,9,11)/p+1/b10-6+. The molecule has 11 heavy (non-hydrogen) atoms. The van der Waals surface area contributed by atoms with Crippen LogP contribution in [0.5, 0.6) is 0 Å². The van der Waals surface area contributed by atoms with Crippen molar-refractivity contribution < 1.29 is 5.10 Å². The van der Waals surface area contributed by atoms with Crippen LogP contribution < -0.4 is 16.6 Å². The van der Waals surface area contributed by atoms with Gasteiger partial charge in [-0.2, -0.15) is 5.10 Å². The molecule has 0 saturated heterocycles. The predicted molar refractivity (Wildman–Crippen MR) is 44.8 cm³/mol. The van der Waals surface area contributed by atoms with Gasteiger partial charge in [-0.15, -0.1) is 5.10 Å². The first-order chi connectivity index (χ1) is 5.18. The summed E-state index contributed by atoms with van der Waals surface area (Å²) in [5.41, 5.74) is 12.7. The van der Waals surface area contributed by atoms with Crippen molar-refractivity contribution in [2.24, 2.45) is 16.6 Å². The van der Waals surface area contributed by atoms with Crippen molar-refractivity contribution >= 4 is 11.7 Å². The molecule has 0 saturated carbocycles. The van der Waals surface area contributed by atoms with Crippen molar-refractivity contribution in [2.45, 2.75) is 19.8 Å². The van der Waals surface area contributed by atoms with Gasteiger partial charge in [0.15, 0.2) is 0 Å². The molecule has 60 valence electrons. The van der Waals surface area contributed by atoms with Crippen LogP contribution in [0.3, 0.4) is 0 Å². The maximum Gasteiger partial charge on any atom is 0.362 e. The van der Waals surface area contributed by atoms with Crippen LogP contribution in [-0.4, -0.2) is 11.7 Å². The van der Waals surface area contributed by atoms with Gasteiger partial charge in [0.2, 0.25) is 0 Å². The van der Waals surface area contributed by atoms with Crippen LogP contribution in [0.4, 0.5) is 0 Å². The van der Waals surface area contributed by atoms with Crippen LogP contribution >= 0.6 is 0 Å². The maximum atomic E-state index is 5.16. The number of guanidine groups is 1. The van der Waals surface area contributed by atoms with Crippen molar-refractivity contribution in [1.29, 1.82) is 0 Å². The largest absolute Gasteiger partial charge is 0.362 e. The highest BCUT2D eigenvalue weighted by atomic mass is 15.3. The third kappa shape index (κ3) is 2.41. The van der Waals surface area contributed by atoms with Crippen molar-refractivity contribution in [2.75, 3.05) is 0 Å². The lowest BCUT2D eigenvalue weighted by Gasteiger charge is -1.84. The van der Waals surface area contributed by atoms with Gasteiger partial charge in [-0.25, -0.2) is 0 Å². The average Bonchev–Trinajstić information content (AvgIpc) is 2.31. The highest BCUT2D eigenvalue weighted by Crippen LogP contribution is 2.13. The molecule has 1 rings (SSSR count). The first kappa shape index (κ1) is 7.78. The van der Waals surface area contributed by atoms with E-state index in [1.54, 1.807) is 0 Å². The van der Waals surface area contributed by atoms with Crippen molar-refractivity contribution in [1.82, 2.24) is 0 Å². The van der Waals surface area contributed by atoms with E-state index in [-0.39, 0.29) is 5.96 Å². The van der Waals surface area contributed by atoms with E-state index in [4.69, 9.17) is 11.5 Å². The lowest BCUT2D eigenvalue weighted by atomic mass is 10.3. The topological polar surface area (TPSA) is 78.4 Å². The fraction of sp³-hybridized carbons (Fsp3) is 0.429. The molecule has 4 heteroatoms. The molecule has 0 heterocycles. The Hall–Kier alpha value is -1.32. The minimum atomic E-state index is 0.135. The van der Waals surface area contributed by atoms with Crippen LogP contribution in [-0.2, 0) is 0 Å². The minimum absolute atomic E-state index is 0.135. The molecule has 0 aliphatic heterocycles. The average molecular weight is 153 g/mol. The molecule has 0 atom stereocenters. The fourth-order valence-electron chi connectivity index (χ4n) is 0.979.